The van der Waals surface area contributed by atoms with Crippen molar-refractivity contribution in [1.82, 2.24) is 5.32 Å². The standard InChI is InChI=1S/C10H16N2O/c11-5-4-10(2-3-10)8-12-9-1-6-13-7-9/h9,12H,1-4,6-8H2. The minimum Gasteiger partial charge on any atom is -0.380 e. The van der Waals surface area contributed by atoms with Crippen molar-refractivity contribution in [2.75, 3.05) is 19.8 Å². The predicted octanol–water partition coefficient (Wildman–Crippen LogP) is 1.06. The molecule has 2 aliphatic rings. The number of ether oxygens (including phenoxy) is 1. The monoisotopic (exact) mass is 180 g/mol. The van der Waals surface area contributed by atoms with Crippen LogP contribution in [0.15, 0.2) is 0 Å². The molecule has 72 valence electrons. The van der Waals surface area contributed by atoms with Gasteiger partial charge in [0.15, 0.2) is 0 Å². The second-order valence-electron chi connectivity index (χ2n) is 4.28. The molecule has 2 rings (SSSR count). The maximum absolute atomic E-state index is 8.63. The first-order chi connectivity index (χ1) is 6.35. The van der Waals surface area contributed by atoms with E-state index in [-0.39, 0.29) is 0 Å². The van der Waals surface area contributed by atoms with Gasteiger partial charge in [0.25, 0.3) is 0 Å². The molecule has 1 saturated carbocycles. The number of hydrogen-bond acceptors (Lipinski definition) is 3. The molecule has 1 saturated heterocycles. The Hall–Kier alpha value is -0.590. The van der Waals surface area contributed by atoms with Gasteiger partial charge in [-0.2, -0.15) is 5.26 Å². The highest BCUT2D eigenvalue weighted by Crippen LogP contribution is 2.47. The fraction of sp³-hybridized carbons (Fsp3) is 0.900. The normalized spacial score (nSPS) is 29.9. The zero-order valence-corrected chi connectivity index (χ0v) is 7.88. The summed E-state index contributed by atoms with van der Waals surface area (Å²) >= 11 is 0. The highest BCUT2D eigenvalue weighted by molar-refractivity contribution is 5.01. The van der Waals surface area contributed by atoms with Gasteiger partial charge in [0.1, 0.15) is 0 Å². The molecule has 0 aromatic carbocycles. The van der Waals surface area contributed by atoms with E-state index in [9.17, 15) is 0 Å². The highest BCUT2D eigenvalue weighted by Gasteiger charge is 2.42. The summed E-state index contributed by atoms with van der Waals surface area (Å²) in [6.45, 7) is 2.75. The van der Waals surface area contributed by atoms with Crippen molar-refractivity contribution in [2.45, 2.75) is 31.7 Å². The van der Waals surface area contributed by atoms with E-state index in [0.29, 0.717) is 17.9 Å². The molecule has 3 nitrogen and oxygen atoms in total. The van der Waals surface area contributed by atoms with Crippen molar-refractivity contribution in [1.29, 1.82) is 5.26 Å². The van der Waals surface area contributed by atoms with Crippen LogP contribution in [0.2, 0.25) is 0 Å². The maximum atomic E-state index is 8.63. The molecular formula is C10H16N2O. The minimum atomic E-state index is 0.331. The Morgan fingerprint density at radius 2 is 2.38 bits per heavy atom. The van der Waals surface area contributed by atoms with Crippen LogP contribution in [0.4, 0.5) is 0 Å². The number of rotatable bonds is 4. The number of nitrogens with zero attached hydrogens (tertiary/aromatic N) is 1. The van der Waals surface area contributed by atoms with E-state index in [0.717, 1.165) is 26.2 Å². The zero-order valence-electron chi connectivity index (χ0n) is 7.88. The van der Waals surface area contributed by atoms with Crippen LogP contribution >= 0.6 is 0 Å². The first-order valence-electron chi connectivity index (χ1n) is 5.03. The molecule has 13 heavy (non-hydrogen) atoms. The molecule has 1 heterocycles. The van der Waals surface area contributed by atoms with Gasteiger partial charge in [0.2, 0.25) is 0 Å². The van der Waals surface area contributed by atoms with Gasteiger partial charge in [-0.25, -0.2) is 0 Å². The van der Waals surface area contributed by atoms with Crippen molar-refractivity contribution >= 4 is 0 Å². The Balaban J connectivity index is 1.70. The summed E-state index contributed by atoms with van der Waals surface area (Å²) in [7, 11) is 0. The van der Waals surface area contributed by atoms with Crippen molar-refractivity contribution in [3.05, 3.63) is 0 Å². The van der Waals surface area contributed by atoms with Crippen molar-refractivity contribution in [3.63, 3.8) is 0 Å². The van der Waals surface area contributed by atoms with Gasteiger partial charge in [0.05, 0.1) is 12.7 Å². The van der Waals surface area contributed by atoms with Crippen molar-refractivity contribution in [2.24, 2.45) is 5.41 Å². The summed E-state index contributed by atoms with van der Waals surface area (Å²) in [6, 6.07) is 2.81. The average molecular weight is 180 g/mol. The molecule has 0 bridgehead atoms. The number of nitriles is 1. The predicted molar refractivity (Wildman–Crippen MR) is 49.1 cm³/mol. The van der Waals surface area contributed by atoms with E-state index >= 15 is 0 Å². The highest BCUT2D eigenvalue weighted by atomic mass is 16.5. The summed E-state index contributed by atoms with van der Waals surface area (Å²) in [4.78, 5) is 0. The average Bonchev–Trinajstić information content (AvgIpc) is 2.71. The fourth-order valence-electron chi connectivity index (χ4n) is 1.82. The van der Waals surface area contributed by atoms with Gasteiger partial charge in [-0.15, -0.1) is 0 Å². The van der Waals surface area contributed by atoms with E-state index < -0.39 is 0 Å². The molecule has 1 unspecified atom stereocenters. The molecule has 0 amide bonds. The molecule has 1 aliphatic heterocycles. The van der Waals surface area contributed by atoms with Crippen molar-refractivity contribution < 1.29 is 4.74 Å². The molecule has 0 radical (unpaired) electrons. The van der Waals surface area contributed by atoms with Crippen LogP contribution in [0.1, 0.15) is 25.7 Å². The molecular weight excluding hydrogens is 164 g/mol. The summed E-state index contributed by atoms with van der Waals surface area (Å²) in [5, 5.41) is 12.1. The Bertz CT molecular complexity index is 211. The van der Waals surface area contributed by atoms with Crippen LogP contribution < -0.4 is 5.32 Å². The van der Waals surface area contributed by atoms with Gasteiger partial charge >= 0.3 is 0 Å². The van der Waals surface area contributed by atoms with Crippen molar-refractivity contribution in [3.8, 4) is 6.07 Å². The second-order valence-corrected chi connectivity index (χ2v) is 4.28. The Kier molecular flexibility index (Phi) is 2.52. The largest absolute Gasteiger partial charge is 0.380 e. The van der Waals surface area contributed by atoms with Gasteiger partial charge in [0, 0.05) is 25.6 Å². The summed E-state index contributed by atoms with van der Waals surface area (Å²) in [5.41, 5.74) is 0.331. The van der Waals surface area contributed by atoms with Crippen LogP contribution in [0.25, 0.3) is 0 Å². The minimum absolute atomic E-state index is 0.331. The molecule has 0 aromatic heterocycles. The summed E-state index contributed by atoms with van der Waals surface area (Å²) in [6.07, 6.45) is 4.29. The van der Waals surface area contributed by atoms with E-state index in [4.69, 9.17) is 10.00 Å². The number of hydrogen-bond donors (Lipinski definition) is 1. The van der Waals surface area contributed by atoms with Crippen LogP contribution in [0, 0.1) is 16.7 Å². The van der Waals surface area contributed by atoms with E-state index in [1.54, 1.807) is 0 Å². The Labute approximate surface area is 79.1 Å². The fourth-order valence-corrected chi connectivity index (χ4v) is 1.82. The van der Waals surface area contributed by atoms with Gasteiger partial charge in [-0.1, -0.05) is 0 Å². The van der Waals surface area contributed by atoms with Crippen LogP contribution in [-0.2, 0) is 4.74 Å². The molecule has 0 aromatic rings. The van der Waals surface area contributed by atoms with Gasteiger partial charge in [-0.05, 0) is 24.7 Å². The van der Waals surface area contributed by atoms with Gasteiger partial charge < -0.3 is 10.1 Å². The lowest BCUT2D eigenvalue weighted by Gasteiger charge is -2.15. The van der Waals surface area contributed by atoms with E-state index in [1.807, 2.05) is 0 Å². The SMILES string of the molecule is N#CCC1(CNC2CCOC2)CC1. The molecule has 0 spiro atoms. The van der Waals surface area contributed by atoms with Gasteiger partial charge in [-0.3, -0.25) is 0 Å². The third kappa shape index (κ3) is 2.20. The van der Waals surface area contributed by atoms with Crippen LogP contribution in [0.5, 0.6) is 0 Å². The third-order valence-electron chi connectivity index (χ3n) is 3.11. The lowest BCUT2D eigenvalue weighted by atomic mass is 10.0. The van der Waals surface area contributed by atoms with E-state index in [2.05, 4.69) is 11.4 Å². The third-order valence-corrected chi connectivity index (χ3v) is 3.11. The zero-order chi connectivity index (χ0) is 9.15. The Morgan fingerprint density at radius 1 is 1.54 bits per heavy atom. The summed E-state index contributed by atoms with van der Waals surface area (Å²) in [5.74, 6) is 0. The molecule has 3 heteroatoms. The second kappa shape index (κ2) is 3.65. The molecule has 2 fully saturated rings. The first-order valence-corrected chi connectivity index (χ1v) is 5.03. The Morgan fingerprint density at radius 3 is 2.92 bits per heavy atom. The van der Waals surface area contributed by atoms with Crippen LogP contribution in [-0.4, -0.2) is 25.8 Å². The molecule has 1 N–H and O–H groups in total. The number of nitrogens with one attached hydrogen (secondary N) is 1. The smallest absolute Gasteiger partial charge is 0.0628 e. The lowest BCUT2D eigenvalue weighted by Crippen LogP contribution is -2.34. The first kappa shape index (κ1) is 8.98. The lowest BCUT2D eigenvalue weighted by molar-refractivity contribution is 0.189. The quantitative estimate of drug-likeness (QED) is 0.703. The summed E-state index contributed by atoms with van der Waals surface area (Å²) < 4.78 is 5.28. The van der Waals surface area contributed by atoms with E-state index in [1.165, 1.54) is 12.8 Å². The van der Waals surface area contributed by atoms with Crippen LogP contribution in [0.3, 0.4) is 0 Å². The topological polar surface area (TPSA) is 45.0 Å². The molecule has 1 atom stereocenters. The molecule has 1 aliphatic carbocycles. The maximum Gasteiger partial charge on any atom is 0.0628 e.